The summed E-state index contributed by atoms with van der Waals surface area (Å²) in [5.74, 6) is -8.66. The number of hydrogen-bond acceptors (Lipinski definition) is 7. The second-order valence-electron chi connectivity index (χ2n) is 10.9. The van der Waals surface area contributed by atoms with Crippen molar-refractivity contribution in [3.05, 3.63) is 88.9 Å². The molecule has 3 aromatic rings. The van der Waals surface area contributed by atoms with Gasteiger partial charge in [-0.25, -0.2) is 18.2 Å². The van der Waals surface area contributed by atoms with Crippen LogP contribution in [-0.4, -0.2) is 52.5 Å². The molecule has 2 unspecified atom stereocenters. The van der Waals surface area contributed by atoms with Crippen LogP contribution in [-0.2, 0) is 14.4 Å². The summed E-state index contributed by atoms with van der Waals surface area (Å²) in [5, 5.41) is 11.8. The lowest BCUT2D eigenvalue weighted by Gasteiger charge is -2.39. The van der Waals surface area contributed by atoms with Gasteiger partial charge in [-0.2, -0.15) is 5.26 Å². The molecule has 1 saturated heterocycles. The van der Waals surface area contributed by atoms with E-state index in [1.165, 1.54) is 36.5 Å². The van der Waals surface area contributed by atoms with E-state index < -0.39 is 72.2 Å². The van der Waals surface area contributed by atoms with Crippen molar-refractivity contribution in [2.24, 2.45) is 11.5 Å². The largest absolute Gasteiger partial charge is 0.366 e. The van der Waals surface area contributed by atoms with E-state index in [1.54, 1.807) is 0 Å². The Morgan fingerprint density at radius 3 is 2.28 bits per heavy atom. The van der Waals surface area contributed by atoms with Gasteiger partial charge in [0.05, 0.1) is 11.6 Å². The van der Waals surface area contributed by atoms with Crippen molar-refractivity contribution in [2.75, 3.05) is 9.80 Å². The quantitative estimate of drug-likeness (QED) is 0.322. The summed E-state index contributed by atoms with van der Waals surface area (Å²) in [7, 11) is 0. The van der Waals surface area contributed by atoms with Crippen molar-refractivity contribution >= 4 is 41.0 Å². The molecule has 1 aliphatic carbocycles. The molecule has 0 bridgehead atoms. The molecule has 12 nitrogen and oxygen atoms in total. The van der Waals surface area contributed by atoms with Gasteiger partial charge in [-0.3, -0.25) is 33.8 Å². The van der Waals surface area contributed by atoms with Gasteiger partial charge in [-0.15, -0.1) is 0 Å². The normalized spacial score (nSPS) is 17.8. The number of nitrogens with two attached hydrogens (primary N) is 2. The van der Waals surface area contributed by atoms with Gasteiger partial charge in [0.25, 0.3) is 11.8 Å². The summed E-state index contributed by atoms with van der Waals surface area (Å²) in [6, 6.07) is 8.48. The Bertz CT molecular complexity index is 1770. The third-order valence-corrected chi connectivity index (χ3v) is 7.76. The minimum atomic E-state index is -3.02. The van der Waals surface area contributed by atoms with Gasteiger partial charge >= 0.3 is 0 Å². The van der Waals surface area contributed by atoms with E-state index in [4.69, 9.17) is 11.5 Å². The number of carbonyl (C=O) groups excluding carboxylic acids is 5. The molecular weight excluding hydrogens is 607 g/mol. The maximum atomic E-state index is 15.5. The van der Waals surface area contributed by atoms with E-state index in [1.807, 2.05) is 6.07 Å². The number of primary amides is 2. The molecule has 1 aliphatic heterocycles. The molecule has 0 spiro atoms. The molecule has 2 aliphatic rings. The first-order valence-electron chi connectivity index (χ1n) is 14.0. The van der Waals surface area contributed by atoms with E-state index in [-0.39, 0.29) is 46.6 Å². The van der Waals surface area contributed by atoms with Crippen LogP contribution >= 0.6 is 0 Å². The number of benzene rings is 2. The van der Waals surface area contributed by atoms with E-state index in [0.717, 1.165) is 34.1 Å². The third kappa shape index (κ3) is 6.23. The van der Waals surface area contributed by atoms with Gasteiger partial charge in [0.15, 0.2) is 0 Å². The van der Waals surface area contributed by atoms with E-state index in [0.29, 0.717) is 0 Å². The number of nitriles is 1. The Morgan fingerprint density at radius 2 is 1.70 bits per heavy atom. The number of aromatic nitrogens is 1. The molecule has 0 radical (unpaired) electrons. The lowest BCUT2D eigenvalue weighted by atomic mass is 9.87. The summed E-state index contributed by atoms with van der Waals surface area (Å²) < 4.78 is 42.9. The lowest BCUT2D eigenvalue weighted by Crippen LogP contribution is -2.56. The van der Waals surface area contributed by atoms with Crippen LogP contribution in [0, 0.1) is 17.1 Å². The summed E-state index contributed by atoms with van der Waals surface area (Å²) in [6.07, 6.45) is -0.370. The minimum Gasteiger partial charge on any atom is -0.366 e. The predicted octanol–water partition coefficient (Wildman–Crippen LogP) is 2.47. The zero-order chi connectivity index (χ0) is 33.3. The van der Waals surface area contributed by atoms with E-state index >= 15 is 4.39 Å². The molecule has 5 rings (SSSR count). The van der Waals surface area contributed by atoms with Crippen LogP contribution in [0.3, 0.4) is 0 Å². The van der Waals surface area contributed by atoms with Crippen molar-refractivity contribution in [3.63, 3.8) is 0 Å². The lowest BCUT2D eigenvalue weighted by molar-refractivity contribution is -0.133. The standard InChI is InChI=1S/C31H26F3N7O5/c32-22-4-2-1-3-21(22)26(29(45)39-19-13-31(33,34)14-19)40(20-11-17(27(36)43)10-18(12-20)28(37)44)30(46)23-5-6-25(42)41(23)24-9-16(15-35)7-8-38-24/h1-4,7-12,19,23,26H,5-6,13-14H2,(H2,36,43)(H2,37,44)(H,39,45). The van der Waals surface area contributed by atoms with Gasteiger partial charge < -0.3 is 16.8 Å². The highest BCUT2D eigenvalue weighted by molar-refractivity contribution is 6.12. The van der Waals surface area contributed by atoms with Gasteiger partial charge in [-0.1, -0.05) is 18.2 Å². The molecule has 2 atom stereocenters. The number of alkyl halides is 2. The Hall–Kier alpha value is -5.78. The predicted molar refractivity (Wildman–Crippen MR) is 156 cm³/mol. The molecular formula is C31H26F3N7O5. The summed E-state index contributed by atoms with van der Waals surface area (Å²) in [4.78, 5) is 72.2. The fraction of sp³-hybridized carbons (Fsp3) is 0.258. The fourth-order valence-corrected chi connectivity index (χ4v) is 5.56. The average Bonchev–Trinajstić information content (AvgIpc) is 3.40. The van der Waals surface area contributed by atoms with Crippen LogP contribution < -0.4 is 26.6 Å². The zero-order valence-electron chi connectivity index (χ0n) is 24.0. The number of amides is 5. The van der Waals surface area contributed by atoms with Gasteiger partial charge in [0, 0.05) is 53.9 Å². The number of rotatable bonds is 9. The number of nitrogens with zero attached hydrogens (tertiary/aromatic N) is 4. The minimum absolute atomic E-state index is 0.0489. The molecule has 46 heavy (non-hydrogen) atoms. The molecule has 236 valence electrons. The first-order valence-corrected chi connectivity index (χ1v) is 14.0. The van der Waals surface area contributed by atoms with E-state index in [9.17, 15) is 38.0 Å². The molecule has 1 saturated carbocycles. The van der Waals surface area contributed by atoms with Gasteiger partial charge in [0.2, 0.25) is 23.6 Å². The zero-order valence-corrected chi connectivity index (χ0v) is 24.0. The highest BCUT2D eigenvalue weighted by Crippen LogP contribution is 2.39. The monoisotopic (exact) mass is 633 g/mol. The van der Waals surface area contributed by atoms with Crippen LogP contribution in [0.15, 0.2) is 60.8 Å². The number of pyridine rings is 1. The average molecular weight is 634 g/mol. The second-order valence-corrected chi connectivity index (χ2v) is 10.9. The van der Waals surface area contributed by atoms with Crippen LogP contribution in [0.1, 0.15) is 63.6 Å². The maximum absolute atomic E-state index is 15.5. The number of anilines is 2. The Morgan fingerprint density at radius 1 is 1.04 bits per heavy atom. The Kier molecular flexibility index (Phi) is 8.47. The highest BCUT2D eigenvalue weighted by Gasteiger charge is 2.49. The van der Waals surface area contributed by atoms with Crippen LogP contribution in [0.25, 0.3) is 0 Å². The molecule has 15 heteroatoms. The van der Waals surface area contributed by atoms with Crippen molar-refractivity contribution in [1.29, 1.82) is 5.26 Å². The SMILES string of the molecule is N#Cc1ccnc(N2C(=O)CCC2C(=O)N(c2cc(C(N)=O)cc(C(N)=O)c2)C(C(=O)NC2CC(F)(F)C2)c2ccccc2F)c1. The number of carbonyl (C=O) groups is 5. The van der Waals surface area contributed by atoms with Crippen molar-refractivity contribution < 1.29 is 37.1 Å². The smallest absolute Gasteiger partial charge is 0.252 e. The first-order chi connectivity index (χ1) is 21.8. The topological polar surface area (TPSA) is 193 Å². The number of halogens is 3. The van der Waals surface area contributed by atoms with Gasteiger partial charge in [-0.05, 0) is 42.8 Å². The van der Waals surface area contributed by atoms with Crippen LogP contribution in [0.4, 0.5) is 24.7 Å². The number of hydrogen-bond donors (Lipinski definition) is 3. The second kappa shape index (κ2) is 12.3. The first kappa shape index (κ1) is 31.6. The molecule has 2 heterocycles. The highest BCUT2D eigenvalue weighted by atomic mass is 19.3. The number of nitrogens with one attached hydrogen (secondary N) is 1. The summed E-state index contributed by atoms with van der Waals surface area (Å²) in [5.41, 5.74) is 9.87. The molecule has 1 aromatic heterocycles. The van der Waals surface area contributed by atoms with Crippen LogP contribution in [0.2, 0.25) is 0 Å². The fourth-order valence-electron chi connectivity index (χ4n) is 5.56. The van der Waals surface area contributed by atoms with Gasteiger partial charge in [0.1, 0.15) is 23.7 Å². The Labute approximate surface area is 259 Å². The molecule has 5 N–H and O–H groups in total. The van der Waals surface area contributed by atoms with Crippen molar-refractivity contribution in [1.82, 2.24) is 10.3 Å². The molecule has 2 fully saturated rings. The Balaban J connectivity index is 1.70. The summed E-state index contributed by atoms with van der Waals surface area (Å²) >= 11 is 0. The van der Waals surface area contributed by atoms with Crippen molar-refractivity contribution in [2.45, 2.75) is 49.7 Å². The third-order valence-electron chi connectivity index (χ3n) is 7.76. The molecule has 2 aromatic carbocycles. The summed E-state index contributed by atoms with van der Waals surface area (Å²) in [6.45, 7) is 0. The maximum Gasteiger partial charge on any atom is 0.252 e. The van der Waals surface area contributed by atoms with Crippen LogP contribution in [0.5, 0.6) is 0 Å². The molecule has 5 amide bonds. The van der Waals surface area contributed by atoms with E-state index in [2.05, 4.69) is 10.3 Å². The van der Waals surface area contributed by atoms with Crippen molar-refractivity contribution in [3.8, 4) is 6.07 Å².